The minimum Gasteiger partial charge on any atom is -0.309 e. The maximum Gasteiger partial charge on any atom is 0.0561 e. The van der Waals surface area contributed by atoms with Crippen molar-refractivity contribution in [2.24, 2.45) is 0 Å². The lowest BCUT2D eigenvalue weighted by atomic mass is 9.94. The van der Waals surface area contributed by atoms with Crippen molar-refractivity contribution in [3.05, 3.63) is 231 Å². The van der Waals surface area contributed by atoms with Gasteiger partial charge in [0.05, 0.1) is 22.4 Å². The number of hydrogen-bond donors (Lipinski definition) is 0. The van der Waals surface area contributed by atoms with E-state index in [0.29, 0.717) is 0 Å². The van der Waals surface area contributed by atoms with Gasteiger partial charge in [0.25, 0.3) is 0 Å². The number of thiophene rings is 2. The molecule has 0 fully saturated rings. The van der Waals surface area contributed by atoms with Crippen LogP contribution in [-0.4, -0.2) is 4.57 Å². The highest BCUT2D eigenvalue weighted by molar-refractivity contribution is 7.26. The minimum absolute atomic E-state index is 1.08. The minimum atomic E-state index is 1.08. The van der Waals surface area contributed by atoms with Crippen LogP contribution >= 0.6 is 22.7 Å². The van der Waals surface area contributed by atoms with Crippen molar-refractivity contribution in [3.63, 3.8) is 0 Å². The maximum atomic E-state index is 2.51. The van der Waals surface area contributed by atoms with E-state index in [9.17, 15) is 0 Å². The summed E-state index contributed by atoms with van der Waals surface area (Å²) in [5, 5.41) is 7.65. The molecule has 0 bridgehead atoms. The Balaban J connectivity index is 1.13. The van der Waals surface area contributed by atoms with Crippen molar-refractivity contribution in [3.8, 4) is 39.1 Å². The van der Waals surface area contributed by atoms with Gasteiger partial charge in [-0.05, 0) is 77.4 Å². The van der Waals surface area contributed by atoms with Crippen molar-refractivity contribution in [2.75, 3.05) is 4.90 Å². The molecule has 0 aliphatic carbocycles. The van der Waals surface area contributed by atoms with Crippen LogP contribution in [0.1, 0.15) is 0 Å². The molecule has 0 saturated carbocycles. The number of nitrogens with zero attached hydrogens (tertiary/aromatic N) is 2. The highest BCUT2D eigenvalue weighted by atomic mass is 32.1. The van der Waals surface area contributed by atoms with Crippen molar-refractivity contribution in [1.29, 1.82) is 0 Å². The highest BCUT2D eigenvalue weighted by Gasteiger charge is 2.25. The molecule has 2 nitrogen and oxygen atoms in total. The molecule has 0 aliphatic rings. The van der Waals surface area contributed by atoms with Crippen LogP contribution in [0.4, 0.5) is 17.1 Å². The zero-order chi connectivity index (χ0) is 42.1. The predicted octanol–water partition coefficient (Wildman–Crippen LogP) is 18.0. The van der Waals surface area contributed by atoms with Gasteiger partial charge in [-0.3, -0.25) is 0 Å². The Labute approximate surface area is 378 Å². The molecule has 0 atom stereocenters. The van der Waals surface area contributed by atoms with Crippen LogP contribution in [0, 0.1) is 0 Å². The Bertz CT molecular complexity index is 3910. The van der Waals surface area contributed by atoms with E-state index in [1.165, 1.54) is 84.5 Å². The van der Waals surface area contributed by atoms with Crippen molar-refractivity contribution >= 4 is 102 Å². The lowest BCUT2D eigenvalue weighted by Gasteiger charge is -2.30. The van der Waals surface area contributed by atoms with Crippen LogP contribution in [0.15, 0.2) is 231 Å². The molecule has 300 valence electrons. The Morgan fingerprint density at radius 2 is 0.859 bits per heavy atom. The molecule has 4 heteroatoms. The third kappa shape index (κ3) is 5.84. The molecule has 0 N–H and O–H groups in total. The smallest absolute Gasteiger partial charge is 0.0561 e. The fourth-order valence-electron chi connectivity index (χ4n) is 9.94. The third-order valence-corrected chi connectivity index (χ3v) is 15.2. The van der Waals surface area contributed by atoms with Gasteiger partial charge in [-0.2, -0.15) is 0 Å². The number of para-hydroxylation sites is 3. The molecule has 64 heavy (non-hydrogen) atoms. The molecule has 3 heterocycles. The van der Waals surface area contributed by atoms with Crippen LogP contribution in [0.2, 0.25) is 0 Å². The largest absolute Gasteiger partial charge is 0.309 e. The number of anilines is 3. The molecule has 0 aliphatic heterocycles. The van der Waals surface area contributed by atoms with Crippen LogP contribution in [-0.2, 0) is 0 Å². The lowest BCUT2D eigenvalue weighted by molar-refractivity contribution is 1.18. The summed E-state index contributed by atoms with van der Waals surface area (Å²) in [6, 6.07) is 84.8. The van der Waals surface area contributed by atoms with E-state index in [4.69, 9.17) is 0 Å². The van der Waals surface area contributed by atoms with E-state index >= 15 is 0 Å². The summed E-state index contributed by atoms with van der Waals surface area (Å²) < 4.78 is 7.63. The van der Waals surface area contributed by atoms with Crippen LogP contribution in [0.25, 0.3) is 101 Å². The summed E-state index contributed by atoms with van der Waals surface area (Å²) in [5.74, 6) is 0. The quantitative estimate of drug-likeness (QED) is 0.155. The third-order valence-electron chi connectivity index (χ3n) is 12.8. The fourth-order valence-corrected chi connectivity index (χ4v) is 12.4. The molecule has 13 rings (SSSR count). The van der Waals surface area contributed by atoms with Gasteiger partial charge in [0.2, 0.25) is 0 Å². The van der Waals surface area contributed by atoms with Gasteiger partial charge in [0.1, 0.15) is 0 Å². The number of benzene rings is 10. The first-order valence-electron chi connectivity index (χ1n) is 21.8. The lowest BCUT2D eigenvalue weighted by Crippen LogP contribution is -2.13. The summed E-state index contributed by atoms with van der Waals surface area (Å²) in [4.78, 5) is 2.51. The van der Waals surface area contributed by atoms with Gasteiger partial charge in [-0.25, -0.2) is 0 Å². The van der Waals surface area contributed by atoms with Crippen molar-refractivity contribution < 1.29 is 0 Å². The first kappa shape index (κ1) is 36.9. The van der Waals surface area contributed by atoms with Gasteiger partial charge < -0.3 is 9.47 Å². The molecule has 3 aromatic heterocycles. The Morgan fingerprint density at radius 1 is 0.312 bits per heavy atom. The number of rotatable bonds is 7. The summed E-state index contributed by atoms with van der Waals surface area (Å²) in [6.07, 6.45) is 0. The molecule has 10 aromatic carbocycles. The number of fused-ring (bicyclic) bond motifs is 9. The molecule has 0 unspecified atom stereocenters. The van der Waals surface area contributed by atoms with E-state index in [-0.39, 0.29) is 0 Å². The maximum absolute atomic E-state index is 2.51. The average Bonchev–Trinajstić information content (AvgIpc) is 4.05. The summed E-state index contributed by atoms with van der Waals surface area (Å²) >= 11 is 3.77. The van der Waals surface area contributed by atoms with Crippen LogP contribution in [0.3, 0.4) is 0 Å². The van der Waals surface area contributed by atoms with Gasteiger partial charge in [0.15, 0.2) is 0 Å². The second-order valence-electron chi connectivity index (χ2n) is 16.4. The van der Waals surface area contributed by atoms with Gasteiger partial charge >= 0.3 is 0 Å². The van der Waals surface area contributed by atoms with Crippen LogP contribution < -0.4 is 4.90 Å². The normalized spacial score (nSPS) is 11.8. The van der Waals surface area contributed by atoms with E-state index in [1.54, 1.807) is 0 Å². The topological polar surface area (TPSA) is 8.17 Å². The summed E-state index contributed by atoms with van der Waals surface area (Å²) in [5.41, 5.74) is 14.0. The van der Waals surface area contributed by atoms with Gasteiger partial charge in [-0.15, -0.1) is 22.7 Å². The van der Waals surface area contributed by atoms with Gasteiger partial charge in [0, 0.05) is 79.2 Å². The predicted molar refractivity (Wildman–Crippen MR) is 278 cm³/mol. The standard InChI is InChI=1S/C60H38N2S2/c1-3-17-39(18-4-1)43-21-7-11-29-53(43)62(42-34-35-46-45-22-8-12-30-54(45)61(56(46)38-42)41-19-5-2-6-20-41)55-36-33-40(44-25-15-26-49-47-23-9-13-31-57(47)63-59(44)49)37-52(55)51-28-16-27-50-48-24-10-14-32-58(48)64-60(50)51/h1-38H. The first-order chi connectivity index (χ1) is 31.8. The Hall–Kier alpha value is -7.76. The SMILES string of the molecule is c1ccc(-c2ccccc2N(c2ccc3c4ccccc4n(-c4ccccc4)c3c2)c2ccc(-c3cccc4c3sc3ccccc34)cc2-c2cccc3c2sc2ccccc23)cc1. The van der Waals surface area contributed by atoms with E-state index < -0.39 is 0 Å². The second kappa shape index (κ2) is 15.0. The number of hydrogen-bond acceptors (Lipinski definition) is 3. The number of aromatic nitrogens is 1. The summed E-state index contributed by atoms with van der Waals surface area (Å²) in [6.45, 7) is 0. The molecule has 13 aromatic rings. The molecule has 0 amide bonds. The van der Waals surface area contributed by atoms with E-state index in [2.05, 4.69) is 240 Å². The zero-order valence-corrected chi connectivity index (χ0v) is 36.3. The molecular formula is C60H38N2S2. The monoisotopic (exact) mass is 850 g/mol. The Kier molecular flexibility index (Phi) is 8.61. The molecule has 0 spiro atoms. The Morgan fingerprint density at radius 3 is 1.61 bits per heavy atom. The fraction of sp³-hybridized carbons (Fsp3) is 0. The van der Waals surface area contributed by atoms with E-state index in [0.717, 1.165) is 33.8 Å². The molecular weight excluding hydrogens is 813 g/mol. The second-order valence-corrected chi connectivity index (χ2v) is 18.5. The highest BCUT2D eigenvalue weighted by Crippen LogP contribution is 2.50. The zero-order valence-electron chi connectivity index (χ0n) is 34.7. The van der Waals surface area contributed by atoms with Crippen LogP contribution in [0.5, 0.6) is 0 Å². The molecule has 0 radical (unpaired) electrons. The first-order valence-corrected chi connectivity index (χ1v) is 23.4. The van der Waals surface area contributed by atoms with Crippen molar-refractivity contribution in [2.45, 2.75) is 0 Å². The average molecular weight is 851 g/mol. The van der Waals surface area contributed by atoms with E-state index in [1.807, 2.05) is 22.7 Å². The van der Waals surface area contributed by atoms with Gasteiger partial charge in [-0.1, -0.05) is 170 Å². The summed E-state index contributed by atoms with van der Waals surface area (Å²) in [7, 11) is 0. The molecule has 0 saturated heterocycles. The van der Waals surface area contributed by atoms with Crippen molar-refractivity contribution in [1.82, 2.24) is 4.57 Å².